The molecule has 1 aromatic heterocycles. The first kappa shape index (κ1) is 15.3. The molecule has 0 atom stereocenters. The fourth-order valence-corrected chi connectivity index (χ4v) is 3.31. The molecule has 2 aromatic rings. The van der Waals surface area contributed by atoms with Crippen LogP contribution in [0.5, 0.6) is 0 Å². The minimum absolute atomic E-state index is 0.00996. The van der Waals surface area contributed by atoms with E-state index in [9.17, 15) is 12.8 Å². The van der Waals surface area contributed by atoms with Crippen molar-refractivity contribution >= 4 is 32.9 Å². The van der Waals surface area contributed by atoms with E-state index in [2.05, 4.69) is 4.98 Å². The fraction of sp³-hybridized carbons (Fsp3) is 0.0769. The Hall–Kier alpha value is -2.06. The van der Waals surface area contributed by atoms with Crippen molar-refractivity contribution in [3.63, 3.8) is 0 Å². The normalized spacial score (nSPS) is 11.1. The lowest BCUT2D eigenvalue weighted by Crippen LogP contribution is -2.29. The van der Waals surface area contributed by atoms with Gasteiger partial charge in [-0.25, -0.2) is 12.8 Å². The third-order valence-corrected chi connectivity index (χ3v) is 4.82. The topological polar surface area (TPSA) is 76.3 Å². The molecule has 1 aromatic carbocycles. The third kappa shape index (κ3) is 3.01. The molecule has 0 aliphatic carbocycles. The first-order chi connectivity index (χ1) is 9.84. The van der Waals surface area contributed by atoms with E-state index < -0.39 is 15.8 Å². The molecule has 0 bridgehead atoms. The van der Waals surface area contributed by atoms with Gasteiger partial charge in [-0.2, -0.15) is 0 Å². The lowest BCUT2D eigenvalue weighted by atomic mass is 10.3. The average Bonchev–Trinajstić information content (AvgIpc) is 2.46. The number of nitrogens with two attached hydrogens (primary N) is 1. The van der Waals surface area contributed by atoms with Gasteiger partial charge in [0.2, 0.25) is 0 Å². The Kier molecular flexibility index (Phi) is 4.19. The standard InChI is InChI=1S/C13H12FN3O2S2/c1-17(10-5-2-4-9(14)8-10)21(18,19)11-6-3-7-16-12(11)13(15)20/h2-8H,1H3,(H2,15,20). The van der Waals surface area contributed by atoms with Gasteiger partial charge in [0, 0.05) is 13.2 Å². The molecule has 5 nitrogen and oxygen atoms in total. The Morgan fingerprint density at radius 3 is 2.67 bits per heavy atom. The van der Waals surface area contributed by atoms with Crippen LogP contribution in [0.15, 0.2) is 47.5 Å². The number of pyridine rings is 1. The Labute approximate surface area is 127 Å². The van der Waals surface area contributed by atoms with Gasteiger partial charge in [-0.3, -0.25) is 9.29 Å². The van der Waals surface area contributed by atoms with Gasteiger partial charge in [0.15, 0.2) is 0 Å². The van der Waals surface area contributed by atoms with Gasteiger partial charge < -0.3 is 5.73 Å². The summed E-state index contributed by atoms with van der Waals surface area (Å²) in [7, 11) is -2.63. The van der Waals surface area contributed by atoms with Crippen LogP contribution in [0.4, 0.5) is 10.1 Å². The molecular formula is C13H12FN3O2S2. The van der Waals surface area contributed by atoms with Crippen LogP contribution in [0.1, 0.15) is 5.69 Å². The number of hydrogen-bond donors (Lipinski definition) is 1. The molecule has 2 rings (SSSR count). The largest absolute Gasteiger partial charge is 0.388 e. The fourth-order valence-electron chi connectivity index (χ4n) is 1.74. The van der Waals surface area contributed by atoms with E-state index in [-0.39, 0.29) is 21.3 Å². The summed E-state index contributed by atoms with van der Waals surface area (Å²) in [6, 6.07) is 8.08. The number of nitrogens with zero attached hydrogens (tertiary/aromatic N) is 2. The zero-order valence-electron chi connectivity index (χ0n) is 11.0. The summed E-state index contributed by atoms with van der Waals surface area (Å²) in [5, 5.41) is 0. The Balaban J connectivity index is 2.55. The highest BCUT2D eigenvalue weighted by Gasteiger charge is 2.26. The second-order valence-corrected chi connectivity index (χ2v) is 6.54. The van der Waals surface area contributed by atoms with E-state index >= 15 is 0 Å². The summed E-state index contributed by atoms with van der Waals surface area (Å²) in [4.78, 5) is 3.65. The number of thiocarbonyl (C=S) groups is 1. The molecule has 0 saturated carbocycles. The predicted molar refractivity (Wildman–Crippen MR) is 82.1 cm³/mol. The third-order valence-electron chi connectivity index (χ3n) is 2.81. The lowest BCUT2D eigenvalue weighted by Gasteiger charge is -2.20. The van der Waals surface area contributed by atoms with E-state index in [1.165, 1.54) is 43.6 Å². The number of rotatable bonds is 4. The van der Waals surface area contributed by atoms with Crippen molar-refractivity contribution in [2.75, 3.05) is 11.4 Å². The lowest BCUT2D eigenvalue weighted by molar-refractivity contribution is 0.593. The smallest absolute Gasteiger partial charge is 0.266 e. The molecule has 0 unspecified atom stereocenters. The summed E-state index contributed by atoms with van der Waals surface area (Å²) < 4.78 is 39.4. The van der Waals surface area contributed by atoms with Gasteiger partial charge in [0.1, 0.15) is 21.4 Å². The average molecular weight is 325 g/mol. The van der Waals surface area contributed by atoms with Gasteiger partial charge in [0.25, 0.3) is 10.0 Å². The second kappa shape index (κ2) is 5.74. The van der Waals surface area contributed by atoms with Gasteiger partial charge >= 0.3 is 0 Å². The van der Waals surface area contributed by atoms with Crippen molar-refractivity contribution in [1.82, 2.24) is 4.98 Å². The van der Waals surface area contributed by atoms with E-state index in [1.54, 1.807) is 0 Å². The van der Waals surface area contributed by atoms with Crippen LogP contribution in [0.2, 0.25) is 0 Å². The van der Waals surface area contributed by atoms with E-state index in [1.807, 2.05) is 0 Å². The Morgan fingerprint density at radius 1 is 1.33 bits per heavy atom. The molecule has 21 heavy (non-hydrogen) atoms. The SMILES string of the molecule is CN(c1cccc(F)c1)S(=O)(=O)c1cccnc1C(N)=S. The van der Waals surface area contributed by atoms with Crippen LogP contribution in [0.25, 0.3) is 0 Å². The van der Waals surface area contributed by atoms with Crippen molar-refractivity contribution in [3.05, 3.63) is 54.1 Å². The maximum absolute atomic E-state index is 13.3. The second-order valence-electron chi connectivity index (χ2n) is 4.17. The molecule has 1 heterocycles. The van der Waals surface area contributed by atoms with Gasteiger partial charge in [0.05, 0.1) is 5.69 Å². The van der Waals surface area contributed by atoms with Crippen molar-refractivity contribution in [2.45, 2.75) is 4.90 Å². The zero-order valence-corrected chi connectivity index (χ0v) is 12.7. The van der Waals surface area contributed by atoms with Crippen molar-refractivity contribution < 1.29 is 12.8 Å². The summed E-state index contributed by atoms with van der Waals surface area (Å²) in [5.41, 5.74) is 5.70. The predicted octanol–water partition coefficient (Wildman–Crippen LogP) is 1.68. The summed E-state index contributed by atoms with van der Waals surface area (Å²) >= 11 is 4.81. The zero-order chi connectivity index (χ0) is 15.6. The minimum atomic E-state index is -3.95. The number of hydrogen-bond acceptors (Lipinski definition) is 4. The highest BCUT2D eigenvalue weighted by Crippen LogP contribution is 2.24. The van der Waals surface area contributed by atoms with Crippen LogP contribution in [-0.2, 0) is 10.0 Å². The van der Waals surface area contributed by atoms with Crippen LogP contribution >= 0.6 is 12.2 Å². The highest BCUT2D eigenvalue weighted by atomic mass is 32.2. The number of anilines is 1. The monoisotopic (exact) mass is 325 g/mol. The summed E-state index contributed by atoms with van der Waals surface area (Å²) in [6.07, 6.45) is 1.40. The Morgan fingerprint density at radius 2 is 2.05 bits per heavy atom. The first-order valence-corrected chi connectivity index (χ1v) is 7.68. The molecule has 0 aliphatic heterocycles. The van der Waals surface area contributed by atoms with E-state index in [4.69, 9.17) is 18.0 Å². The van der Waals surface area contributed by atoms with Crippen LogP contribution in [0.3, 0.4) is 0 Å². The molecular weight excluding hydrogens is 313 g/mol. The van der Waals surface area contributed by atoms with Crippen LogP contribution in [-0.4, -0.2) is 25.4 Å². The van der Waals surface area contributed by atoms with Crippen molar-refractivity contribution in [2.24, 2.45) is 5.73 Å². The maximum atomic E-state index is 13.3. The quantitative estimate of drug-likeness (QED) is 0.866. The molecule has 0 amide bonds. The number of halogens is 1. The van der Waals surface area contributed by atoms with Gasteiger partial charge in [-0.1, -0.05) is 18.3 Å². The minimum Gasteiger partial charge on any atom is -0.388 e. The van der Waals surface area contributed by atoms with Crippen LogP contribution in [0, 0.1) is 5.82 Å². The van der Waals surface area contributed by atoms with Crippen molar-refractivity contribution in [1.29, 1.82) is 0 Å². The molecule has 0 spiro atoms. The number of aromatic nitrogens is 1. The maximum Gasteiger partial charge on any atom is 0.266 e. The highest BCUT2D eigenvalue weighted by molar-refractivity contribution is 7.93. The molecule has 110 valence electrons. The summed E-state index contributed by atoms with van der Waals surface area (Å²) in [6.45, 7) is 0. The van der Waals surface area contributed by atoms with E-state index in [0.717, 1.165) is 10.4 Å². The molecule has 0 saturated heterocycles. The van der Waals surface area contributed by atoms with Gasteiger partial charge in [-0.05, 0) is 30.3 Å². The van der Waals surface area contributed by atoms with Gasteiger partial charge in [-0.15, -0.1) is 0 Å². The molecule has 2 N–H and O–H groups in total. The van der Waals surface area contributed by atoms with Crippen LogP contribution < -0.4 is 10.0 Å². The molecule has 0 fully saturated rings. The first-order valence-electron chi connectivity index (χ1n) is 5.83. The molecule has 0 radical (unpaired) electrons. The Bertz CT molecular complexity index is 794. The number of benzene rings is 1. The number of sulfonamides is 1. The summed E-state index contributed by atoms with van der Waals surface area (Å²) in [5.74, 6) is -0.532. The van der Waals surface area contributed by atoms with Crippen molar-refractivity contribution in [3.8, 4) is 0 Å². The molecule has 8 heteroatoms. The van der Waals surface area contributed by atoms with E-state index in [0.29, 0.717) is 0 Å². The molecule has 0 aliphatic rings.